The number of fused-ring (bicyclic) bond motifs is 1. The van der Waals surface area contributed by atoms with E-state index in [4.69, 9.17) is 9.47 Å². The van der Waals surface area contributed by atoms with Gasteiger partial charge in [0, 0.05) is 17.2 Å². The first-order valence-electron chi connectivity index (χ1n) is 6.31. The van der Waals surface area contributed by atoms with Crippen LogP contribution in [0.1, 0.15) is 31.4 Å². The first kappa shape index (κ1) is 12.2. The molecule has 1 spiro atoms. The van der Waals surface area contributed by atoms with Crippen LogP contribution >= 0.6 is 11.8 Å². The predicted octanol–water partition coefficient (Wildman–Crippen LogP) is 2.78. The summed E-state index contributed by atoms with van der Waals surface area (Å²) in [7, 11) is 1.63. The van der Waals surface area contributed by atoms with Crippen molar-refractivity contribution >= 4 is 11.8 Å². The normalized spacial score (nSPS) is 34.2. The van der Waals surface area contributed by atoms with E-state index in [1.54, 1.807) is 7.11 Å². The van der Waals surface area contributed by atoms with Crippen LogP contribution in [0.5, 0.6) is 11.5 Å². The smallest absolute Gasteiger partial charge is 0.126 e. The lowest BCUT2D eigenvalue weighted by molar-refractivity contribution is -0.0104. The maximum Gasteiger partial charge on any atom is 0.126 e. The van der Waals surface area contributed by atoms with Crippen molar-refractivity contribution in [3.63, 3.8) is 0 Å². The molecule has 2 aliphatic rings. The van der Waals surface area contributed by atoms with Crippen molar-refractivity contribution in [3.8, 4) is 11.5 Å². The molecule has 4 heteroatoms. The summed E-state index contributed by atoms with van der Waals surface area (Å²) in [6, 6.07) is 5.67. The van der Waals surface area contributed by atoms with Gasteiger partial charge in [0.1, 0.15) is 17.1 Å². The van der Waals surface area contributed by atoms with Crippen molar-refractivity contribution in [1.82, 2.24) is 0 Å². The molecule has 3 rings (SSSR count). The van der Waals surface area contributed by atoms with Crippen molar-refractivity contribution in [2.24, 2.45) is 0 Å². The molecule has 3 nitrogen and oxygen atoms in total. The molecule has 98 valence electrons. The van der Waals surface area contributed by atoms with Crippen LogP contribution in [0.3, 0.4) is 0 Å². The fourth-order valence-electron chi connectivity index (χ4n) is 2.87. The van der Waals surface area contributed by atoms with Gasteiger partial charge in [-0.15, -0.1) is 0 Å². The van der Waals surface area contributed by atoms with Gasteiger partial charge in [0.2, 0.25) is 0 Å². The summed E-state index contributed by atoms with van der Waals surface area (Å²) in [4.78, 5) is 0. The summed E-state index contributed by atoms with van der Waals surface area (Å²) in [6.07, 6.45) is 1.24. The maximum absolute atomic E-state index is 10.4. The molecule has 0 saturated carbocycles. The van der Waals surface area contributed by atoms with Gasteiger partial charge in [0.25, 0.3) is 0 Å². The maximum atomic E-state index is 10.4. The van der Waals surface area contributed by atoms with E-state index in [9.17, 15) is 5.11 Å². The van der Waals surface area contributed by atoms with Crippen LogP contribution in [-0.2, 0) is 0 Å². The highest BCUT2D eigenvalue weighted by Gasteiger charge is 2.48. The van der Waals surface area contributed by atoms with E-state index in [2.05, 4.69) is 6.92 Å². The Labute approximate surface area is 111 Å². The Balaban J connectivity index is 1.98. The van der Waals surface area contributed by atoms with Crippen LogP contribution < -0.4 is 9.47 Å². The van der Waals surface area contributed by atoms with Gasteiger partial charge < -0.3 is 14.6 Å². The minimum atomic E-state index is -0.454. The van der Waals surface area contributed by atoms with E-state index in [1.165, 1.54) is 0 Å². The lowest BCUT2D eigenvalue weighted by Crippen LogP contribution is -2.45. The second-order valence-electron chi connectivity index (χ2n) is 5.05. The van der Waals surface area contributed by atoms with Crippen molar-refractivity contribution in [2.45, 2.75) is 36.7 Å². The number of ether oxygens (including phenoxy) is 2. The van der Waals surface area contributed by atoms with Crippen LogP contribution in [0.4, 0.5) is 0 Å². The Bertz CT molecular complexity index is 462. The minimum absolute atomic E-state index is 0.189. The quantitative estimate of drug-likeness (QED) is 0.848. The minimum Gasteiger partial charge on any atom is -0.497 e. The van der Waals surface area contributed by atoms with E-state index in [1.807, 2.05) is 30.0 Å². The van der Waals surface area contributed by atoms with E-state index < -0.39 is 6.10 Å². The summed E-state index contributed by atoms with van der Waals surface area (Å²) in [5.74, 6) is 2.68. The molecule has 0 radical (unpaired) electrons. The van der Waals surface area contributed by atoms with Gasteiger partial charge in [-0.25, -0.2) is 0 Å². The number of thioether (sulfide) groups is 1. The average molecular weight is 266 g/mol. The zero-order chi connectivity index (χ0) is 12.8. The monoisotopic (exact) mass is 266 g/mol. The third-order valence-electron chi connectivity index (χ3n) is 4.06. The third kappa shape index (κ3) is 1.79. The fourth-order valence-corrected chi connectivity index (χ4v) is 4.25. The number of rotatable bonds is 1. The Morgan fingerprint density at radius 3 is 3.00 bits per heavy atom. The van der Waals surface area contributed by atoms with Gasteiger partial charge in [-0.1, -0.05) is 0 Å². The molecule has 1 aromatic rings. The van der Waals surface area contributed by atoms with Crippen molar-refractivity contribution in [3.05, 3.63) is 23.8 Å². The zero-order valence-corrected chi connectivity index (χ0v) is 11.5. The molecule has 1 N–H and O–H groups in total. The number of hydrogen-bond acceptors (Lipinski definition) is 4. The number of benzene rings is 1. The predicted molar refractivity (Wildman–Crippen MR) is 72.5 cm³/mol. The fraction of sp³-hybridized carbons (Fsp3) is 0.571. The molecule has 2 aliphatic heterocycles. The molecule has 1 aromatic carbocycles. The molecule has 0 bridgehead atoms. The molecular formula is C14H18O3S. The van der Waals surface area contributed by atoms with Gasteiger partial charge >= 0.3 is 0 Å². The highest BCUT2D eigenvalue weighted by molar-refractivity contribution is 8.00. The van der Waals surface area contributed by atoms with Crippen LogP contribution in [0.25, 0.3) is 0 Å². The number of aliphatic hydroxyl groups is 1. The third-order valence-corrected chi connectivity index (χ3v) is 5.43. The summed E-state index contributed by atoms with van der Waals surface area (Å²) < 4.78 is 11.4. The van der Waals surface area contributed by atoms with Gasteiger partial charge in [0.15, 0.2) is 0 Å². The SMILES string of the molecule is COc1ccc2c(c1)[C@@H](O)CC1(CCSC1C)O2. The topological polar surface area (TPSA) is 38.7 Å². The molecule has 2 unspecified atom stereocenters. The van der Waals surface area contributed by atoms with Crippen LogP contribution in [-0.4, -0.2) is 28.8 Å². The van der Waals surface area contributed by atoms with Gasteiger partial charge in [-0.05, 0) is 37.3 Å². The second kappa shape index (κ2) is 4.35. The van der Waals surface area contributed by atoms with E-state index in [-0.39, 0.29) is 5.60 Å². The first-order valence-corrected chi connectivity index (χ1v) is 7.36. The molecule has 0 amide bonds. The zero-order valence-electron chi connectivity index (χ0n) is 10.7. The first-order chi connectivity index (χ1) is 8.64. The highest BCUT2D eigenvalue weighted by atomic mass is 32.2. The van der Waals surface area contributed by atoms with Gasteiger partial charge in [-0.3, -0.25) is 0 Å². The summed E-state index contributed by atoms with van der Waals surface area (Å²) >= 11 is 1.93. The number of hydrogen-bond donors (Lipinski definition) is 1. The molecule has 1 fully saturated rings. The second-order valence-corrected chi connectivity index (χ2v) is 6.50. The molecular weight excluding hydrogens is 248 g/mol. The largest absolute Gasteiger partial charge is 0.497 e. The Morgan fingerprint density at radius 1 is 1.50 bits per heavy atom. The summed E-state index contributed by atoms with van der Waals surface area (Å²) in [5.41, 5.74) is 0.662. The highest BCUT2D eigenvalue weighted by Crippen LogP contribution is 2.49. The molecule has 3 atom stereocenters. The van der Waals surface area contributed by atoms with Gasteiger partial charge in [0.05, 0.1) is 13.2 Å². The van der Waals surface area contributed by atoms with Crippen LogP contribution in [0.15, 0.2) is 18.2 Å². The van der Waals surface area contributed by atoms with Crippen molar-refractivity contribution in [2.75, 3.05) is 12.9 Å². The lowest BCUT2D eigenvalue weighted by Gasteiger charge is -2.40. The molecule has 0 aromatic heterocycles. The summed E-state index contributed by atoms with van der Waals surface area (Å²) in [6.45, 7) is 2.19. The summed E-state index contributed by atoms with van der Waals surface area (Å²) in [5, 5.41) is 10.8. The Morgan fingerprint density at radius 2 is 2.33 bits per heavy atom. The Kier molecular flexibility index (Phi) is 2.94. The van der Waals surface area contributed by atoms with Crippen molar-refractivity contribution < 1.29 is 14.6 Å². The molecule has 0 aliphatic carbocycles. The van der Waals surface area contributed by atoms with E-state index in [0.717, 1.165) is 29.2 Å². The van der Waals surface area contributed by atoms with Gasteiger partial charge in [-0.2, -0.15) is 11.8 Å². The van der Waals surface area contributed by atoms with Crippen LogP contribution in [0, 0.1) is 0 Å². The van der Waals surface area contributed by atoms with Crippen LogP contribution in [0.2, 0.25) is 0 Å². The molecule has 2 heterocycles. The molecule has 18 heavy (non-hydrogen) atoms. The van der Waals surface area contributed by atoms with Crippen molar-refractivity contribution in [1.29, 1.82) is 0 Å². The Hall–Kier alpha value is -0.870. The van der Waals surface area contributed by atoms with E-state index in [0.29, 0.717) is 11.7 Å². The number of aliphatic hydroxyl groups excluding tert-OH is 1. The lowest BCUT2D eigenvalue weighted by atomic mass is 9.85. The standard InChI is InChI=1S/C14H18O3S/c1-9-14(5-6-18-9)8-12(15)11-7-10(16-2)3-4-13(11)17-14/h3-4,7,9,12,15H,5-6,8H2,1-2H3/t9?,12-,14?/m0/s1. The molecule has 1 saturated heterocycles. The average Bonchev–Trinajstić information content (AvgIpc) is 2.70. The van der Waals surface area contributed by atoms with E-state index >= 15 is 0 Å². The number of methoxy groups -OCH3 is 1.